The Labute approximate surface area is 135 Å². The first-order valence-corrected chi connectivity index (χ1v) is 7.90. The quantitative estimate of drug-likeness (QED) is 0.645. The number of amides is 2. The fourth-order valence-corrected chi connectivity index (χ4v) is 2.51. The minimum absolute atomic E-state index is 0.183. The second-order valence-electron chi connectivity index (χ2n) is 4.24. The van der Waals surface area contributed by atoms with Gasteiger partial charge < -0.3 is 5.73 Å². The van der Waals surface area contributed by atoms with Crippen molar-refractivity contribution in [2.45, 2.75) is 4.90 Å². The fourth-order valence-electron chi connectivity index (χ4n) is 1.55. The Morgan fingerprint density at radius 2 is 1.67 bits per heavy atom. The van der Waals surface area contributed by atoms with E-state index >= 15 is 0 Å². The molecular formula is C15H13BrN2O2S. The number of anilines is 1. The first kappa shape index (κ1) is 15.6. The van der Waals surface area contributed by atoms with Gasteiger partial charge in [-0.1, -0.05) is 15.9 Å². The van der Waals surface area contributed by atoms with Crippen LogP contribution in [0.5, 0.6) is 0 Å². The van der Waals surface area contributed by atoms with Crippen molar-refractivity contribution in [1.82, 2.24) is 5.32 Å². The standard InChI is InChI=1S/C15H13BrN2O2S/c16-11-3-7-13(8-4-11)21-9-14(19)18-15(20)10-1-5-12(17)6-2-10/h1-8H,9,17H2,(H,18,19,20). The molecule has 2 aromatic carbocycles. The molecule has 4 nitrogen and oxygen atoms in total. The number of benzene rings is 2. The molecule has 3 N–H and O–H groups in total. The van der Waals surface area contributed by atoms with Crippen molar-refractivity contribution in [3.8, 4) is 0 Å². The van der Waals surface area contributed by atoms with Crippen LogP contribution in [0.2, 0.25) is 0 Å². The van der Waals surface area contributed by atoms with Gasteiger partial charge in [0.25, 0.3) is 5.91 Å². The van der Waals surface area contributed by atoms with Gasteiger partial charge in [-0.2, -0.15) is 0 Å². The number of carbonyl (C=O) groups is 2. The zero-order valence-electron chi connectivity index (χ0n) is 11.0. The summed E-state index contributed by atoms with van der Waals surface area (Å²) in [7, 11) is 0. The van der Waals surface area contributed by atoms with E-state index in [0.29, 0.717) is 11.3 Å². The number of nitrogens with two attached hydrogens (primary N) is 1. The predicted octanol–water partition coefficient (Wildman–Crippen LogP) is 3.08. The average Bonchev–Trinajstić information content (AvgIpc) is 2.47. The van der Waals surface area contributed by atoms with Gasteiger partial charge in [0.15, 0.2) is 0 Å². The first-order valence-electron chi connectivity index (χ1n) is 6.12. The Bertz CT molecular complexity index is 642. The van der Waals surface area contributed by atoms with Crippen LogP contribution in [0.15, 0.2) is 57.9 Å². The molecule has 0 aromatic heterocycles. The zero-order chi connectivity index (χ0) is 15.2. The molecule has 0 heterocycles. The zero-order valence-corrected chi connectivity index (χ0v) is 13.4. The molecule has 0 saturated heterocycles. The van der Waals surface area contributed by atoms with Crippen LogP contribution in [0.1, 0.15) is 10.4 Å². The molecule has 0 atom stereocenters. The van der Waals surface area contributed by atoms with Crippen LogP contribution in [-0.2, 0) is 4.79 Å². The second-order valence-corrected chi connectivity index (χ2v) is 6.21. The third-order valence-corrected chi connectivity index (χ3v) is 4.15. The maximum atomic E-state index is 11.8. The highest BCUT2D eigenvalue weighted by atomic mass is 79.9. The molecule has 0 aliphatic heterocycles. The molecule has 108 valence electrons. The summed E-state index contributed by atoms with van der Waals surface area (Å²) in [6.07, 6.45) is 0. The molecule has 6 heteroatoms. The normalized spacial score (nSPS) is 10.1. The third-order valence-electron chi connectivity index (χ3n) is 2.61. The van der Waals surface area contributed by atoms with E-state index in [1.54, 1.807) is 24.3 Å². The molecule has 0 aliphatic rings. The molecule has 2 aromatic rings. The fraction of sp³-hybridized carbons (Fsp3) is 0.0667. The van der Waals surface area contributed by atoms with Crippen molar-refractivity contribution in [3.63, 3.8) is 0 Å². The molecule has 2 amide bonds. The maximum absolute atomic E-state index is 11.8. The number of halogens is 1. The lowest BCUT2D eigenvalue weighted by atomic mass is 10.2. The lowest BCUT2D eigenvalue weighted by Crippen LogP contribution is -2.31. The Hall–Kier alpha value is -1.79. The van der Waals surface area contributed by atoms with Crippen LogP contribution in [0.3, 0.4) is 0 Å². The van der Waals surface area contributed by atoms with Crippen LogP contribution in [0, 0.1) is 0 Å². The number of carbonyl (C=O) groups excluding carboxylic acids is 2. The number of thioether (sulfide) groups is 1. The second kappa shape index (κ2) is 7.28. The van der Waals surface area contributed by atoms with E-state index in [9.17, 15) is 9.59 Å². The molecular weight excluding hydrogens is 352 g/mol. The number of hydrogen-bond donors (Lipinski definition) is 2. The van der Waals surface area contributed by atoms with E-state index in [0.717, 1.165) is 9.37 Å². The van der Waals surface area contributed by atoms with Crippen LogP contribution in [0.4, 0.5) is 5.69 Å². The van der Waals surface area contributed by atoms with Crippen LogP contribution in [-0.4, -0.2) is 17.6 Å². The van der Waals surface area contributed by atoms with Crippen LogP contribution in [0.25, 0.3) is 0 Å². The highest BCUT2D eigenvalue weighted by molar-refractivity contribution is 9.10. The Kier molecular flexibility index (Phi) is 5.41. The van der Waals surface area contributed by atoms with Crippen molar-refractivity contribution >= 4 is 45.2 Å². The van der Waals surface area contributed by atoms with Crippen molar-refractivity contribution in [1.29, 1.82) is 0 Å². The molecule has 0 saturated carbocycles. The van der Waals surface area contributed by atoms with E-state index < -0.39 is 5.91 Å². The summed E-state index contributed by atoms with van der Waals surface area (Å²) in [4.78, 5) is 24.5. The van der Waals surface area contributed by atoms with Crippen molar-refractivity contribution in [2.75, 3.05) is 11.5 Å². The van der Waals surface area contributed by atoms with Crippen molar-refractivity contribution in [2.24, 2.45) is 0 Å². The summed E-state index contributed by atoms with van der Waals surface area (Å²) in [5.74, 6) is -0.566. The van der Waals surface area contributed by atoms with Crippen molar-refractivity contribution < 1.29 is 9.59 Å². The molecule has 0 unspecified atom stereocenters. The topological polar surface area (TPSA) is 72.2 Å². The third kappa shape index (κ3) is 4.91. The Morgan fingerprint density at radius 1 is 1.05 bits per heavy atom. The summed E-state index contributed by atoms with van der Waals surface area (Å²) < 4.78 is 0.981. The summed E-state index contributed by atoms with van der Waals surface area (Å²) in [6.45, 7) is 0. The highest BCUT2D eigenvalue weighted by Crippen LogP contribution is 2.20. The van der Waals surface area contributed by atoms with E-state index in [1.165, 1.54) is 11.8 Å². The lowest BCUT2D eigenvalue weighted by molar-refractivity contribution is -0.117. The average molecular weight is 365 g/mol. The molecule has 0 bridgehead atoms. The van der Waals surface area contributed by atoms with Gasteiger partial charge in [0.05, 0.1) is 5.75 Å². The summed E-state index contributed by atoms with van der Waals surface area (Å²) in [5, 5.41) is 2.35. The van der Waals surface area contributed by atoms with Gasteiger partial charge in [-0.15, -0.1) is 11.8 Å². The Balaban J connectivity index is 1.85. The first-order chi connectivity index (χ1) is 10.0. The van der Waals surface area contributed by atoms with Gasteiger partial charge in [-0.05, 0) is 48.5 Å². The molecule has 2 rings (SSSR count). The minimum Gasteiger partial charge on any atom is -0.399 e. The monoisotopic (exact) mass is 364 g/mol. The summed E-state index contributed by atoms with van der Waals surface area (Å²) in [6, 6.07) is 14.0. The molecule has 21 heavy (non-hydrogen) atoms. The van der Waals surface area contributed by atoms with Gasteiger partial charge in [0.2, 0.25) is 5.91 Å². The molecule has 0 fully saturated rings. The van der Waals surface area contributed by atoms with E-state index in [2.05, 4.69) is 21.2 Å². The Morgan fingerprint density at radius 3 is 2.29 bits per heavy atom. The van der Waals surface area contributed by atoms with Gasteiger partial charge in [0, 0.05) is 20.6 Å². The number of nitrogens with one attached hydrogen (secondary N) is 1. The summed E-state index contributed by atoms with van der Waals surface area (Å²) in [5.41, 5.74) is 6.53. The lowest BCUT2D eigenvalue weighted by Gasteiger charge is -2.05. The van der Waals surface area contributed by atoms with Crippen molar-refractivity contribution in [3.05, 3.63) is 58.6 Å². The predicted molar refractivity (Wildman–Crippen MR) is 88.2 cm³/mol. The van der Waals surface area contributed by atoms with Crippen LogP contribution < -0.4 is 11.1 Å². The number of imide groups is 1. The smallest absolute Gasteiger partial charge is 0.257 e. The van der Waals surface area contributed by atoms with E-state index in [-0.39, 0.29) is 11.7 Å². The molecule has 0 aliphatic carbocycles. The van der Waals surface area contributed by atoms with Gasteiger partial charge in [-0.25, -0.2) is 0 Å². The number of hydrogen-bond acceptors (Lipinski definition) is 4. The highest BCUT2D eigenvalue weighted by Gasteiger charge is 2.10. The number of rotatable bonds is 4. The van der Waals surface area contributed by atoms with Gasteiger partial charge in [-0.3, -0.25) is 14.9 Å². The minimum atomic E-state index is -0.420. The largest absolute Gasteiger partial charge is 0.399 e. The number of nitrogen functional groups attached to an aromatic ring is 1. The SMILES string of the molecule is Nc1ccc(C(=O)NC(=O)CSc2ccc(Br)cc2)cc1. The maximum Gasteiger partial charge on any atom is 0.257 e. The molecule has 0 spiro atoms. The van der Waals surface area contributed by atoms with E-state index in [4.69, 9.17) is 5.73 Å². The van der Waals surface area contributed by atoms with Gasteiger partial charge >= 0.3 is 0 Å². The summed E-state index contributed by atoms with van der Waals surface area (Å²) >= 11 is 4.72. The molecule has 0 radical (unpaired) electrons. The van der Waals surface area contributed by atoms with E-state index in [1.807, 2.05) is 24.3 Å². The van der Waals surface area contributed by atoms with Gasteiger partial charge in [0.1, 0.15) is 0 Å². The van der Waals surface area contributed by atoms with Crippen LogP contribution >= 0.6 is 27.7 Å².